The van der Waals surface area contributed by atoms with Crippen molar-refractivity contribution in [3.8, 4) is 0 Å². The molecule has 2 unspecified atom stereocenters. The topological polar surface area (TPSA) is 54.2 Å². The van der Waals surface area contributed by atoms with Crippen LogP contribution in [0.2, 0.25) is 0 Å². The second-order valence-corrected chi connectivity index (χ2v) is 6.62. The van der Waals surface area contributed by atoms with Crippen LogP contribution in [0.15, 0.2) is 35.3 Å². The number of hydrogen-bond acceptors (Lipinski definition) is 2. The van der Waals surface area contributed by atoms with Gasteiger partial charge in [-0.2, -0.15) is 5.10 Å². The van der Waals surface area contributed by atoms with E-state index in [1.807, 2.05) is 23.7 Å². The molecule has 1 aliphatic carbocycles. The van der Waals surface area contributed by atoms with Crippen molar-refractivity contribution in [1.29, 1.82) is 0 Å². The van der Waals surface area contributed by atoms with Gasteiger partial charge in [0.2, 0.25) is 0 Å². The fourth-order valence-corrected chi connectivity index (χ4v) is 3.18. The number of halogens is 1. The molecule has 1 aromatic carbocycles. The molecule has 3 rings (SSSR count). The molecule has 0 amide bonds. The van der Waals surface area contributed by atoms with E-state index >= 15 is 0 Å². The number of aromatic nitrogens is 2. The van der Waals surface area contributed by atoms with Crippen LogP contribution < -0.4 is 10.6 Å². The molecule has 0 aliphatic heterocycles. The van der Waals surface area contributed by atoms with Crippen LogP contribution in [0.3, 0.4) is 0 Å². The molecule has 1 saturated carbocycles. The van der Waals surface area contributed by atoms with Crippen LogP contribution in [0.25, 0.3) is 0 Å². The van der Waals surface area contributed by atoms with Crippen LogP contribution in [0, 0.1) is 19.7 Å². The van der Waals surface area contributed by atoms with Gasteiger partial charge in [-0.1, -0.05) is 18.2 Å². The average Bonchev–Trinajstić information content (AvgIpc) is 3.27. The average molecular weight is 343 g/mol. The summed E-state index contributed by atoms with van der Waals surface area (Å²) in [5.41, 5.74) is 3.03. The van der Waals surface area contributed by atoms with Gasteiger partial charge in [-0.25, -0.2) is 4.39 Å². The molecule has 1 fully saturated rings. The lowest BCUT2D eigenvalue weighted by molar-refractivity contribution is 0.555. The molecule has 1 aromatic heterocycles. The molecule has 2 aromatic rings. The number of aliphatic imine (C=N–C) groups is 1. The lowest BCUT2D eigenvalue weighted by atomic mass is 10.1. The molecule has 5 nitrogen and oxygen atoms in total. The number of benzene rings is 1. The zero-order valence-corrected chi connectivity index (χ0v) is 15.1. The second-order valence-electron chi connectivity index (χ2n) is 6.62. The first-order valence-electron chi connectivity index (χ1n) is 8.81. The summed E-state index contributed by atoms with van der Waals surface area (Å²) in [5.74, 6) is 0.885. The maximum absolute atomic E-state index is 13.8. The molecular formula is C19H26FN5. The molecule has 25 heavy (non-hydrogen) atoms. The van der Waals surface area contributed by atoms with Crippen LogP contribution in [-0.4, -0.2) is 35.4 Å². The molecule has 0 saturated heterocycles. The van der Waals surface area contributed by atoms with Gasteiger partial charge in [-0.05, 0) is 44.4 Å². The van der Waals surface area contributed by atoms with Gasteiger partial charge in [-0.15, -0.1) is 0 Å². The van der Waals surface area contributed by atoms with Crippen LogP contribution in [0.4, 0.5) is 4.39 Å². The Morgan fingerprint density at radius 2 is 2.16 bits per heavy atom. The summed E-state index contributed by atoms with van der Waals surface area (Å²) < 4.78 is 15.9. The third-order valence-electron chi connectivity index (χ3n) is 4.58. The first-order valence-corrected chi connectivity index (χ1v) is 8.81. The van der Waals surface area contributed by atoms with Crippen LogP contribution in [-0.2, 0) is 6.54 Å². The monoisotopic (exact) mass is 343 g/mol. The Balaban J connectivity index is 1.42. The number of hydrogen-bond donors (Lipinski definition) is 2. The second kappa shape index (κ2) is 7.68. The maximum atomic E-state index is 13.8. The largest absolute Gasteiger partial charge is 0.356 e. The molecular weight excluding hydrogens is 317 g/mol. The lowest BCUT2D eigenvalue weighted by Crippen LogP contribution is -2.39. The molecule has 0 radical (unpaired) electrons. The standard InChI is InChI=1S/C19H26FN5/c1-13-11-14(2)25(24-13)10-6-9-22-19(21-3)23-18-12-16(18)15-7-4-5-8-17(15)20/h4-5,7-8,11,16,18H,6,9-10,12H2,1-3H3,(H2,21,22,23). The third-order valence-corrected chi connectivity index (χ3v) is 4.58. The van der Waals surface area contributed by atoms with Gasteiger partial charge in [0.05, 0.1) is 5.69 Å². The SMILES string of the molecule is CN=C(NCCCn1nc(C)cc1C)NC1CC1c1ccccc1F. The van der Waals surface area contributed by atoms with E-state index in [9.17, 15) is 4.39 Å². The van der Waals surface area contributed by atoms with E-state index in [1.54, 1.807) is 13.1 Å². The number of guanidine groups is 1. The summed E-state index contributed by atoms with van der Waals surface area (Å²) in [5, 5.41) is 11.2. The Morgan fingerprint density at radius 1 is 1.36 bits per heavy atom. The molecule has 0 spiro atoms. The minimum atomic E-state index is -0.121. The van der Waals surface area contributed by atoms with Crippen LogP contribution in [0.5, 0.6) is 0 Å². The van der Waals surface area contributed by atoms with Gasteiger partial charge in [0.1, 0.15) is 5.82 Å². The molecule has 2 atom stereocenters. The highest BCUT2D eigenvalue weighted by Gasteiger charge is 2.40. The van der Waals surface area contributed by atoms with Gasteiger partial charge in [0.25, 0.3) is 0 Å². The normalized spacial score (nSPS) is 19.8. The number of nitrogens with one attached hydrogen (secondary N) is 2. The summed E-state index contributed by atoms with van der Waals surface area (Å²) in [6.45, 7) is 5.78. The highest BCUT2D eigenvalue weighted by atomic mass is 19.1. The summed E-state index contributed by atoms with van der Waals surface area (Å²) >= 11 is 0. The van der Waals surface area contributed by atoms with Gasteiger partial charge >= 0.3 is 0 Å². The number of aryl methyl sites for hydroxylation is 3. The molecule has 2 N–H and O–H groups in total. The van der Waals surface area contributed by atoms with E-state index < -0.39 is 0 Å². The highest BCUT2D eigenvalue weighted by Crippen LogP contribution is 2.41. The molecule has 134 valence electrons. The van der Waals surface area contributed by atoms with Crippen molar-refractivity contribution in [2.75, 3.05) is 13.6 Å². The quantitative estimate of drug-likeness (QED) is 0.482. The number of rotatable bonds is 6. The Kier molecular flexibility index (Phi) is 5.36. The smallest absolute Gasteiger partial charge is 0.191 e. The van der Waals surface area contributed by atoms with Crippen molar-refractivity contribution < 1.29 is 4.39 Å². The van der Waals surface area contributed by atoms with Crippen molar-refractivity contribution >= 4 is 5.96 Å². The minimum Gasteiger partial charge on any atom is -0.356 e. The maximum Gasteiger partial charge on any atom is 0.191 e. The zero-order chi connectivity index (χ0) is 17.8. The summed E-state index contributed by atoms with van der Waals surface area (Å²) in [6.07, 6.45) is 1.90. The van der Waals surface area contributed by atoms with E-state index in [1.165, 1.54) is 11.8 Å². The van der Waals surface area contributed by atoms with Gasteiger partial charge in [0.15, 0.2) is 5.96 Å². The summed E-state index contributed by atoms with van der Waals surface area (Å²) in [7, 11) is 1.76. The van der Waals surface area contributed by atoms with Crippen molar-refractivity contribution in [3.05, 3.63) is 53.1 Å². The van der Waals surface area contributed by atoms with Gasteiger partial charge in [0, 0.05) is 37.8 Å². The summed E-state index contributed by atoms with van der Waals surface area (Å²) in [6, 6.07) is 9.35. The lowest BCUT2D eigenvalue weighted by Gasteiger charge is -2.12. The molecule has 0 bridgehead atoms. The zero-order valence-electron chi connectivity index (χ0n) is 15.1. The van der Waals surface area contributed by atoms with E-state index in [0.717, 1.165) is 43.1 Å². The fourth-order valence-electron chi connectivity index (χ4n) is 3.18. The van der Waals surface area contributed by atoms with Crippen LogP contribution in [0.1, 0.15) is 35.7 Å². The van der Waals surface area contributed by atoms with Gasteiger partial charge in [-0.3, -0.25) is 9.67 Å². The Morgan fingerprint density at radius 3 is 2.84 bits per heavy atom. The first-order chi connectivity index (χ1) is 12.1. The Hall–Kier alpha value is -2.37. The Bertz CT molecular complexity index is 752. The number of nitrogens with zero attached hydrogens (tertiary/aromatic N) is 3. The predicted octanol–water partition coefficient (Wildman–Crippen LogP) is 2.75. The van der Waals surface area contributed by atoms with E-state index in [4.69, 9.17) is 0 Å². The van der Waals surface area contributed by atoms with Crippen molar-refractivity contribution in [2.45, 2.75) is 45.2 Å². The fraction of sp³-hybridized carbons (Fsp3) is 0.474. The highest BCUT2D eigenvalue weighted by molar-refractivity contribution is 5.80. The van der Waals surface area contributed by atoms with E-state index in [-0.39, 0.29) is 17.8 Å². The van der Waals surface area contributed by atoms with E-state index in [2.05, 4.69) is 33.7 Å². The molecule has 6 heteroatoms. The molecule has 1 heterocycles. The summed E-state index contributed by atoms with van der Waals surface area (Å²) in [4.78, 5) is 4.26. The van der Waals surface area contributed by atoms with E-state index in [0.29, 0.717) is 0 Å². The van der Waals surface area contributed by atoms with Gasteiger partial charge < -0.3 is 10.6 Å². The van der Waals surface area contributed by atoms with Crippen molar-refractivity contribution in [1.82, 2.24) is 20.4 Å². The first kappa shape index (κ1) is 17.5. The Labute approximate surface area is 148 Å². The van der Waals surface area contributed by atoms with Crippen LogP contribution >= 0.6 is 0 Å². The third kappa shape index (κ3) is 4.38. The predicted molar refractivity (Wildman–Crippen MR) is 98.4 cm³/mol. The van der Waals surface area contributed by atoms with Crippen molar-refractivity contribution in [2.24, 2.45) is 4.99 Å². The van der Waals surface area contributed by atoms with Crippen molar-refractivity contribution in [3.63, 3.8) is 0 Å². The minimum absolute atomic E-state index is 0.121. The molecule has 1 aliphatic rings.